The van der Waals surface area contributed by atoms with Crippen LogP contribution in [0.1, 0.15) is 6.92 Å². The number of oxazole rings is 1. The molecule has 7 heteroatoms. The molecule has 0 fully saturated rings. The Morgan fingerprint density at radius 1 is 1.50 bits per heavy atom. The zero-order valence-electron chi connectivity index (χ0n) is 8.54. The van der Waals surface area contributed by atoms with Crippen LogP contribution in [0, 0.1) is 0 Å². The highest BCUT2D eigenvalue weighted by molar-refractivity contribution is 6.58. The molecule has 1 aromatic heterocycles. The van der Waals surface area contributed by atoms with Gasteiger partial charge in [-0.3, -0.25) is 4.79 Å². The normalized spacial score (nSPS) is 10.4. The highest BCUT2D eigenvalue weighted by atomic mass is 16.4. The molecule has 6 nitrogen and oxygen atoms in total. The largest absolute Gasteiger partial charge is 0.488 e. The first-order chi connectivity index (χ1) is 7.58. The quantitative estimate of drug-likeness (QED) is 0.425. The summed E-state index contributed by atoms with van der Waals surface area (Å²) in [6.07, 6.45) is 1.33. The molecular weight excluding hydrogens is 211 g/mol. The van der Waals surface area contributed by atoms with Gasteiger partial charge >= 0.3 is 13.5 Å². The molecule has 0 aliphatic heterocycles. The maximum absolute atomic E-state index is 10.9. The lowest BCUT2D eigenvalue weighted by Crippen LogP contribution is -2.46. The van der Waals surface area contributed by atoms with Crippen LogP contribution in [0.25, 0.3) is 11.1 Å². The maximum Gasteiger partial charge on any atom is 0.488 e. The second-order valence-corrected chi connectivity index (χ2v) is 3.36. The van der Waals surface area contributed by atoms with Crippen molar-refractivity contribution < 1.29 is 23.9 Å². The average molecular weight is 221 g/mol. The molecule has 0 aliphatic rings. The molecular formula is C9H10BN2O4+. The molecule has 1 heterocycles. The standard InChI is InChI=1S/C9H9BN2O4/c1-6(13)11-12-5-16-9-3-2-7(10(14)15)4-8(9)12/h2-5,14-15H,1H3/p+1. The number of nitrogens with zero attached hydrogens (tertiary/aromatic N) is 1. The van der Waals surface area contributed by atoms with Gasteiger partial charge in [-0.05, 0) is 16.2 Å². The SMILES string of the molecule is CC(=O)N[n+]1coc2ccc(B(O)O)cc21. The number of fused-ring (bicyclic) bond motifs is 1. The van der Waals surface area contributed by atoms with Gasteiger partial charge in [0.05, 0.1) is 0 Å². The molecule has 1 amide bonds. The van der Waals surface area contributed by atoms with Gasteiger partial charge in [-0.2, -0.15) is 0 Å². The minimum Gasteiger partial charge on any atom is -0.423 e. The van der Waals surface area contributed by atoms with Gasteiger partial charge in [0.15, 0.2) is 0 Å². The molecule has 0 atom stereocenters. The van der Waals surface area contributed by atoms with Crippen molar-refractivity contribution in [2.45, 2.75) is 6.92 Å². The van der Waals surface area contributed by atoms with E-state index in [1.165, 1.54) is 30.1 Å². The fraction of sp³-hybridized carbons (Fsp3) is 0.111. The van der Waals surface area contributed by atoms with Crippen LogP contribution in [0.2, 0.25) is 0 Å². The van der Waals surface area contributed by atoms with Crippen LogP contribution in [0.15, 0.2) is 29.0 Å². The highest BCUT2D eigenvalue weighted by Crippen LogP contribution is 2.07. The van der Waals surface area contributed by atoms with E-state index in [0.717, 1.165) is 0 Å². The van der Waals surface area contributed by atoms with Crippen molar-refractivity contribution in [1.29, 1.82) is 0 Å². The summed E-state index contributed by atoms with van der Waals surface area (Å²) in [5.41, 5.74) is 3.94. The van der Waals surface area contributed by atoms with Crippen molar-refractivity contribution >= 4 is 29.6 Å². The van der Waals surface area contributed by atoms with E-state index in [4.69, 9.17) is 14.5 Å². The Morgan fingerprint density at radius 2 is 2.25 bits per heavy atom. The molecule has 2 aromatic rings. The smallest absolute Gasteiger partial charge is 0.423 e. The lowest BCUT2D eigenvalue weighted by molar-refractivity contribution is -0.620. The third-order valence-corrected chi connectivity index (χ3v) is 2.10. The summed E-state index contributed by atoms with van der Waals surface area (Å²) in [5.74, 6) is -0.248. The minimum absolute atomic E-state index is 0.248. The second kappa shape index (κ2) is 3.95. The van der Waals surface area contributed by atoms with E-state index < -0.39 is 7.12 Å². The van der Waals surface area contributed by atoms with Crippen molar-refractivity contribution in [3.05, 3.63) is 24.6 Å². The van der Waals surface area contributed by atoms with Crippen molar-refractivity contribution in [2.75, 3.05) is 5.43 Å². The third-order valence-electron chi connectivity index (χ3n) is 2.10. The zero-order valence-corrected chi connectivity index (χ0v) is 8.54. The van der Waals surface area contributed by atoms with Crippen LogP contribution in [-0.4, -0.2) is 23.1 Å². The molecule has 3 N–H and O–H groups in total. The Labute approximate surface area is 91.2 Å². The van der Waals surface area contributed by atoms with E-state index in [2.05, 4.69) is 5.43 Å². The lowest BCUT2D eigenvalue weighted by Gasteiger charge is -1.96. The van der Waals surface area contributed by atoms with Crippen molar-refractivity contribution in [2.24, 2.45) is 0 Å². The first-order valence-corrected chi connectivity index (χ1v) is 4.64. The van der Waals surface area contributed by atoms with Gasteiger partial charge in [0, 0.05) is 13.0 Å². The van der Waals surface area contributed by atoms with Crippen LogP contribution < -0.4 is 15.6 Å². The van der Waals surface area contributed by atoms with Crippen LogP contribution in [0.4, 0.5) is 0 Å². The average Bonchev–Trinajstić information content (AvgIpc) is 2.60. The van der Waals surface area contributed by atoms with Gasteiger partial charge in [0.1, 0.15) is 0 Å². The summed E-state index contributed by atoms with van der Waals surface area (Å²) < 4.78 is 6.55. The van der Waals surface area contributed by atoms with E-state index in [-0.39, 0.29) is 5.91 Å². The molecule has 0 unspecified atom stereocenters. The van der Waals surface area contributed by atoms with Gasteiger partial charge in [0.25, 0.3) is 11.4 Å². The van der Waals surface area contributed by atoms with Gasteiger partial charge in [-0.1, -0.05) is 6.07 Å². The molecule has 0 radical (unpaired) electrons. The Morgan fingerprint density at radius 3 is 2.88 bits per heavy atom. The summed E-state index contributed by atoms with van der Waals surface area (Å²) >= 11 is 0. The second-order valence-electron chi connectivity index (χ2n) is 3.36. The fourth-order valence-corrected chi connectivity index (χ4v) is 1.41. The van der Waals surface area contributed by atoms with Crippen LogP contribution in [-0.2, 0) is 4.79 Å². The summed E-state index contributed by atoms with van der Waals surface area (Å²) in [5, 5.41) is 18.0. The lowest BCUT2D eigenvalue weighted by atomic mass is 9.80. The molecule has 82 valence electrons. The summed E-state index contributed by atoms with van der Waals surface area (Å²) in [6, 6.07) is 4.66. The van der Waals surface area contributed by atoms with Gasteiger partial charge in [-0.25, -0.2) is 0 Å². The van der Waals surface area contributed by atoms with Crippen LogP contribution in [0.5, 0.6) is 0 Å². The molecule has 2 rings (SSSR count). The highest BCUT2D eigenvalue weighted by Gasteiger charge is 2.19. The van der Waals surface area contributed by atoms with Crippen molar-refractivity contribution in [1.82, 2.24) is 0 Å². The van der Waals surface area contributed by atoms with E-state index >= 15 is 0 Å². The molecule has 0 aliphatic carbocycles. The number of hydrogen-bond acceptors (Lipinski definition) is 4. The monoisotopic (exact) mass is 221 g/mol. The van der Waals surface area contributed by atoms with Crippen molar-refractivity contribution in [3.63, 3.8) is 0 Å². The van der Waals surface area contributed by atoms with Gasteiger partial charge < -0.3 is 14.5 Å². The van der Waals surface area contributed by atoms with E-state index in [1.807, 2.05) is 0 Å². The summed E-state index contributed by atoms with van der Waals surface area (Å²) in [7, 11) is -1.55. The maximum atomic E-state index is 10.9. The first kappa shape index (κ1) is 10.7. The summed E-state index contributed by atoms with van der Waals surface area (Å²) in [4.78, 5) is 10.9. The van der Waals surface area contributed by atoms with Gasteiger partial charge in [0.2, 0.25) is 5.58 Å². The first-order valence-electron chi connectivity index (χ1n) is 4.64. The molecule has 0 saturated heterocycles. The number of rotatable bonds is 2. The molecule has 0 spiro atoms. The number of hydrogen-bond donors (Lipinski definition) is 3. The zero-order chi connectivity index (χ0) is 11.7. The van der Waals surface area contributed by atoms with Gasteiger partial charge in [-0.15, -0.1) is 5.43 Å². The Kier molecular flexibility index (Phi) is 2.63. The molecule has 0 saturated carbocycles. The van der Waals surface area contributed by atoms with E-state index in [0.29, 0.717) is 16.6 Å². The predicted octanol–water partition coefficient (Wildman–Crippen LogP) is -1.51. The molecule has 16 heavy (non-hydrogen) atoms. The fourth-order valence-electron chi connectivity index (χ4n) is 1.41. The number of amides is 1. The Hall–Kier alpha value is -1.86. The number of benzene rings is 1. The molecule has 0 bridgehead atoms. The van der Waals surface area contributed by atoms with Crippen LogP contribution in [0.3, 0.4) is 0 Å². The number of carbonyl (C=O) groups excluding carboxylic acids is 1. The Balaban J connectivity index is 2.51. The number of carbonyl (C=O) groups is 1. The molecule has 1 aromatic carbocycles. The van der Waals surface area contributed by atoms with Crippen molar-refractivity contribution in [3.8, 4) is 0 Å². The minimum atomic E-state index is -1.55. The van der Waals surface area contributed by atoms with Crippen LogP contribution >= 0.6 is 0 Å². The number of nitrogens with one attached hydrogen (secondary N) is 1. The van der Waals surface area contributed by atoms with E-state index in [1.54, 1.807) is 6.07 Å². The van der Waals surface area contributed by atoms with E-state index in [9.17, 15) is 4.79 Å². The third kappa shape index (κ3) is 1.90. The summed E-state index contributed by atoms with van der Waals surface area (Å²) in [6.45, 7) is 1.37. The predicted molar refractivity (Wildman–Crippen MR) is 56.3 cm³/mol. The Bertz CT molecular complexity index is 537. The topological polar surface area (TPSA) is 86.6 Å². The number of aromatic nitrogens is 1.